The standard InChI is InChI=1S/C30H20Cl3F9N2O4/c1-12(48-11-28(37,38)39)22(45)10-16-19(34)6-7-21(25(16)36)44-26(46)15-9-14(3-4-18(15)31)43-27(47)24-23(29(24,32)33)13-2-5-20(35)17(8-13)30(40,41)42/h2-9,12,23-24H,10-11H2,1H3,(H,43,47)(H,44,46)/t12?,23-,24+/m0/s1. The van der Waals surface area contributed by atoms with E-state index in [0.29, 0.717) is 18.2 Å². The average molecular weight is 750 g/mol. The molecule has 0 spiro atoms. The van der Waals surface area contributed by atoms with Crippen LogP contribution in [0.3, 0.4) is 0 Å². The van der Waals surface area contributed by atoms with Crippen molar-refractivity contribution in [2.24, 2.45) is 5.92 Å². The molecule has 0 radical (unpaired) electrons. The van der Waals surface area contributed by atoms with Gasteiger partial charge >= 0.3 is 12.4 Å². The van der Waals surface area contributed by atoms with Crippen molar-refractivity contribution >= 4 is 63.8 Å². The van der Waals surface area contributed by atoms with E-state index in [4.69, 9.17) is 34.8 Å². The molecule has 1 aliphatic carbocycles. The van der Waals surface area contributed by atoms with Gasteiger partial charge in [-0.15, -0.1) is 23.2 Å². The van der Waals surface area contributed by atoms with Crippen molar-refractivity contribution < 1.29 is 58.6 Å². The zero-order chi connectivity index (χ0) is 35.9. The van der Waals surface area contributed by atoms with E-state index in [0.717, 1.165) is 31.2 Å². The number of alkyl halides is 8. The fourth-order valence-electron chi connectivity index (χ4n) is 4.69. The molecule has 2 N–H and O–H groups in total. The Morgan fingerprint density at radius 1 is 0.917 bits per heavy atom. The number of hydrogen-bond acceptors (Lipinski definition) is 4. The summed E-state index contributed by atoms with van der Waals surface area (Å²) in [4.78, 5) is 38.3. The predicted molar refractivity (Wildman–Crippen MR) is 157 cm³/mol. The van der Waals surface area contributed by atoms with Gasteiger partial charge in [-0.05, 0) is 55.0 Å². The molecule has 0 aromatic heterocycles. The van der Waals surface area contributed by atoms with Gasteiger partial charge in [0.05, 0.1) is 27.8 Å². The number of Topliss-reactive ketones (excluding diaryl/α,β-unsaturated/α-hetero) is 1. The van der Waals surface area contributed by atoms with Crippen molar-refractivity contribution in [3.05, 3.63) is 93.3 Å². The van der Waals surface area contributed by atoms with E-state index in [-0.39, 0.29) is 21.8 Å². The molecular formula is C30H20Cl3F9N2O4. The molecule has 3 aromatic rings. The maximum Gasteiger partial charge on any atom is 0.419 e. The second-order valence-electron chi connectivity index (χ2n) is 10.6. The Morgan fingerprint density at radius 3 is 2.19 bits per heavy atom. The van der Waals surface area contributed by atoms with Crippen LogP contribution in [0.25, 0.3) is 0 Å². The number of nitrogens with one attached hydrogen (secondary N) is 2. The van der Waals surface area contributed by atoms with Gasteiger partial charge in [-0.1, -0.05) is 17.7 Å². The summed E-state index contributed by atoms with van der Waals surface area (Å²) in [5.74, 6) is -9.70. The van der Waals surface area contributed by atoms with Gasteiger partial charge in [0, 0.05) is 23.6 Å². The molecule has 0 aliphatic heterocycles. The second kappa shape index (κ2) is 13.8. The van der Waals surface area contributed by atoms with Gasteiger partial charge in [-0.25, -0.2) is 13.2 Å². The minimum absolute atomic E-state index is 0.0851. The SMILES string of the molecule is CC(OCC(F)(F)F)C(=O)Cc1c(F)ccc(NC(=O)c2cc(NC(=O)[C@H]3[C@H](c4ccc(F)c(C(F)(F)F)c4)C3(Cl)Cl)ccc2Cl)c1F. The maximum absolute atomic E-state index is 15.2. The first-order valence-corrected chi connectivity index (χ1v) is 14.6. The van der Waals surface area contributed by atoms with Gasteiger partial charge in [0.25, 0.3) is 5.91 Å². The predicted octanol–water partition coefficient (Wildman–Crippen LogP) is 8.63. The number of ether oxygens (including phenoxy) is 1. The quantitative estimate of drug-likeness (QED) is 0.161. The molecule has 4 rings (SSSR count). The normalized spacial score (nSPS) is 17.9. The van der Waals surface area contributed by atoms with Crippen LogP contribution in [0.1, 0.15) is 39.9 Å². The molecular weight excluding hydrogens is 730 g/mol. The Morgan fingerprint density at radius 2 is 1.56 bits per heavy atom. The molecule has 1 unspecified atom stereocenters. The number of amides is 2. The molecule has 1 aliphatic rings. The van der Waals surface area contributed by atoms with Crippen LogP contribution in [-0.4, -0.2) is 40.8 Å². The number of ketones is 1. The highest BCUT2D eigenvalue weighted by Crippen LogP contribution is 2.65. The van der Waals surface area contributed by atoms with Crippen LogP contribution < -0.4 is 10.6 Å². The highest BCUT2D eigenvalue weighted by molar-refractivity contribution is 6.53. The fraction of sp³-hybridized carbons (Fsp3) is 0.300. The molecule has 1 fully saturated rings. The number of hydrogen-bond donors (Lipinski definition) is 2. The third kappa shape index (κ3) is 8.36. The summed E-state index contributed by atoms with van der Waals surface area (Å²) in [5.41, 5.74) is -3.67. The minimum atomic E-state index is -5.03. The molecule has 0 saturated heterocycles. The van der Waals surface area contributed by atoms with Crippen molar-refractivity contribution in [1.29, 1.82) is 0 Å². The molecule has 3 atom stereocenters. The van der Waals surface area contributed by atoms with E-state index < -0.39 is 99.5 Å². The lowest BCUT2D eigenvalue weighted by Crippen LogP contribution is -2.28. The third-order valence-corrected chi connectivity index (χ3v) is 8.48. The molecule has 0 bridgehead atoms. The monoisotopic (exact) mass is 748 g/mol. The average Bonchev–Trinajstić information content (AvgIpc) is 3.57. The number of halogens is 12. The molecule has 2 amide bonds. The van der Waals surface area contributed by atoms with E-state index in [2.05, 4.69) is 15.4 Å². The van der Waals surface area contributed by atoms with Crippen molar-refractivity contribution in [3.8, 4) is 0 Å². The maximum atomic E-state index is 15.2. The van der Waals surface area contributed by atoms with Crippen LogP contribution in [0, 0.1) is 23.4 Å². The third-order valence-electron chi connectivity index (χ3n) is 7.21. The van der Waals surface area contributed by atoms with Crippen LogP contribution in [-0.2, 0) is 26.9 Å². The Labute approximate surface area is 280 Å². The molecule has 3 aromatic carbocycles. The lowest BCUT2D eigenvalue weighted by atomic mass is 10.0. The zero-order valence-electron chi connectivity index (χ0n) is 23.9. The molecule has 18 heteroatoms. The van der Waals surface area contributed by atoms with Gasteiger partial charge in [0.15, 0.2) is 11.6 Å². The van der Waals surface area contributed by atoms with Crippen molar-refractivity contribution in [3.63, 3.8) is 0 Å². The van der Waals surface area contributed by atoms with Crippen LogP contribution >= 0.6 is 34.8 Å². The van der Waals surface area contributed by atoms with Gasteiger partial charge in [0.1, 0.15) is 28.7 Å². The number of carbonyl (C=O) groups excluding carboxylic acids is 3. The summed E-state index contributed by atoms with van der Waals surface area (Å²) in [6.45, 7) is -0.794. The first kappa shape index (κ1) is 37.3. The zero-order valence-corrected chi connectivity index (χ0v) is 26.2. The van der Waals surface area contributed by atoms with Gasteiger partial charge in [0.2, 0.25) is 5.91 Å². The Balaban J connectivity index is 1.49. The Kier molecular flexibility index (Phi) is 10.7. The summed E-state index contributed by atoms with van der Waals surface area (Å²) < 4.78 is 123. The van der Waals surface area contributed by atoms with Crippen molar-refractivity contribution in [2.75, 3.05) is 17.2 Å². The Bertz CT molecular complexity index is 1770. The van der Waals surface area contributed by atoms with Crippen LogP contribution in [0.4, 0.5) is 50.9 Å². The van der Waals surface area contributed by atoms with Crippen LogP contribution in [0.2, 0.25) is 5.02 Å². The van der Waals surface area contributed by atoms with E-state index in [1.54, 1.807) is 0 Å². The van der Waals surface area contributed by atoms with Crippen molar-refractivity contribution in [2.45, 2.75) is 42.1 Å². The summed E-state index contributed by atoms with van der Waals surface area (Å²) in [7, 11) is 0. The second-order valence-corrected chi connectivity index (χ2v) is 12.5. The van der Waals surface area contributed by atoms with E-state index in [1.165, 1.54) is 6.07 Å². The molecule has 258 valence electrons. The van der Waals surface area contributed by atoms with E-state index >= 15 is 4.39 Å². The smallest absolute Gasteiger partial charge is 0.361 e. The molecule has 48 heavy (non-hydrogen) atoms. The minimum Gasteiger partial charge on any atom is -0.361 e. The summed E-state index contributed by atoms with van der Waals surface area (Å²) in [6, 6.07) is 7.03. The lowest BCUT2D eigenvalue weighted by Gasteiger charge is -2.15. The largest absolute Gasteiger partial charge is 0.419 e. The number of rotatable bonds is 10. The molecule has 0 heterocycles. The fourth-order valence-corrected chi connectivity index (χ4v) is 5.73. The summed E-state index contributed by atoms with van der Waals surface area (Å²) in [5, 5.41) is 4.31. The highest BCUT2D eigenvalue weighted by Gasteiger charge is 2.67. The highest BCUT2D eigenvalue weighted by atomic mass is 35.5. The van der Waals surface area contributed by atoms with Crippen LogP contribution in [0.5, 0.6) is 0 Å². The Hall–Kier alpha value is -3.53. The molecule has 6 nitrogen and oxygen atoms in total. The van der Waals surface area contributed by atoms with Gasteiger partial charge in [-0.2, -0.15) is 26.3 Å². The number of carbonyl (C=O) groups is 3. The number of benzene rings is 3. The topological polar surface area (TPSA) is 84.5 Å². The summed E-state index contributed by atoms with van der Waals surface area (Å²) >= 11 is 18.5. The number of anilines is 2. The summed E-state index contributed by atoms with van der Waals surface area (Å²) in [6.07, 6.45) is -12.5. The molecule has 1 saturated carbocycles. The van der Waals surface area contributed by atoms with E-state index in [1.807, 2.05) is 0 Å². The first-order valence-electron chi connectivity index (χ1n) is 13.5. The van der Waals surface area contributed by atoms with Crippen molar-refractivity contribution in [1.82, 2.24) is 0 Å². The lowest BCUT2D eigenvalue weighted by molar-refractivity contribution is -0.185. The van der Waals surface area contributed by atoms with Gasteiger partial charge < -0.3 is 15.4 Å². The van der Waals surface area contributed by atoms with Gasteiger partial charge in [-0.3, -0.25) is 14.4 Å². The van der Waals surface area contributed by atoms with Crippen LogP contribution in [0.15, 0.2) is 48.5 Å². The van der Waals surface area contributed by atoms with E-state index in [9.17, 15) is 49.5 Å². The first-order chi connectivity index (χ1) is 22.1.